The van der Waals surface area contributed by atoms with E-state index in [9.17, 15) is 13.2 Å². The van der Waals surface area contributed by atoms with E-state index >= 15 is 0 Å². The molecule has 102 valence electrons. The molecule has 0 aliphatic heterocycles. The number of ether oxygens (including phenoxy) is 1. The summed E-state index contributed by atoms with van der Waals surface area (Å²) in [5.74, 6) is -0.428. The molecular formula is C10H22N2O4S. The van der Waals surface area contributed by atoms with E-state index in [1.54, 1.807) is 6.92 Å². The van der Waals surface area contributed by atoms with E-state index in [1.807, 2.05) is 6.92 Å². The van der Waals surface area contributed by atoms with Crippen molar-refractivity contribution >= 4 is 15.7 Å². The molecule has 6 nitrogen and oxygen atoms in total. The summed E-state index contributed by atoms with van der Waals surface area (Å²) < 4.78 is 27.0. The number of nitrogens with one attached hydrogen (secondary N) is 1. The lowest BCUT2D eigenvalue weighted by molar-refractivity contribution is -0.123. The fourth-order valence-electron chi connectivity index (χ4n) is 1.16. The number of carbonyl (C=O) groups excluding carboxylic acids is 1. The SMILES string of the molecule is CCOCC(C)NC(=O)C(N)CCS(C)(=O)=O. The minimum atomic E-state index is -3.08. The van der Waals surface area contributed by atoms with Gasteiger partial charge in [0.1, 0.15) is 9.84 Å². The first-order valence-electron chi connectivity index (χ1n) is 5.57. The molecule has 2 unspecified atom stereocenters. The van der Waals surface area contributed by atoms with Crippen LogP contribution in [0.1, 0.15) is 20.3 Å². The third-order valence-corrected chi connectivity index (χ3v) is 3.07. The molecule has 0 saturated heterocycles. The lowest BCUT2D eigenvalue weighted by Gasteiger charge is -2.17. The normalized spacial score (nSPS) is 15.3. The second kappa shape index (κ2) is 7.62. The van der Waals surface area contributed by atoms with Crippen LogP contribution in [0.3, 0.4) is 0 Å². The fourth-order valence-corrected chi connectivity index (χ4v) is 1.84. The number of rotatable bonds is 8. The molecule has 0 spiro atoms. The first-order chi connectivity index (χ1) is 7.76. The van der Waals surface area contributed by atoms with E-state index < -0.39 is 15.9 Å². The van der Waals surface area contributed by atoms with Crippen molar-refractivity contribution in [3.05, 3.63) is 0 Å². The van der Waals surface area contributed by atoms with Crippen molar-refractivity contribution in [2.75, 3.05) is 25.2 Å². The molecular weight excluding hydrogens is 244 g/mol. The molecule has 0 aromatic heterocycles. The smallest absolute Gasteiger partial charge is 0.237 e. The summed E-state index contributed by atoms with van der Waals surface area (Å²) in [7, 11) is -3.08. The Morgan fingerprint density at radius 3 is 2.53 bits per heavy atom. The first kappa shape index (κ1) is 16.3. The topological polar surface area (TPSA) is 98.5 Å². The lowest BCUT2D eigenvalue weighted by Crippen LogP contribution is -2.46. The van der Waals surface area contributed by atoms with Crippen molar-refractivity contribution < 1.29 is 17.9 Å². The van der Waals surface area contributed by atoms with Crippen LogP contribution in [0.25, 0.3) is 0 Å². The highest BCUT2D eigenvalue weighted by molar-refractivity contribution is 7.90. The van der Waals surface area contributed by atoms with Gasteiger partial charge in [-0.1, -0.05) is 0 Å². The summed E-state index contributed by atoms with van der Waals surface area (Å²) >= 11 is 0. The molecule has 7 heteroatoms. The zero-order valence-corrected chi connectivity index (χ0v) is 11.4. The van der Waals surface area contributed by atoms with Crippen LogP contribution in [0.15, 0.2) is 0 Å². The molecule has 0 bridgehead atoms. The maximum atomic E-state index is 11.5. The van der Waals surface area contributed by atoms with Gasteiger partial charge in [-0.3, -0.25) is 4.79 Å². The Morgan fingerprint density at radius 1 is 1.47 bits per heavy atom. The molecule has 0 aromatic carbocycles. The summed E-state index contributed by atoms with van der Waals surface area (Å²) in [6.07, 6.45) is 1.25. The quantitative estimate of drug-likeness (QED) is 0.604. The van der Waals surface area contributed by atoms with Crippen LogP contribution >= 0.6 is 0 Å². The van der Waals surface area contributed by atoms with Crippen LogP contribution in [0, 0.1) is 0 Å². The largest absolute Gasteiger partial charge is 0.380 e. The molecule has 0 rings (SSSR count). The van der Waals surface area contributed by atoms with Crippen LogP contribution < -0.4 is 11.1 Å². The number of amides is 1. The molecule has 3 N–H and O–H groups in total. The maximum Gasteiger partial charge on any atom is 0.237 e. The van der Waals surface area contributed by atoms with Gasteiger partial charge in [0.2, 0.25) is 5.91 Å². The number of hydrogen-bond acceptors (Lipinski definition) is 5. The Kier molecular flexibility index (Phi) is 7.33. The van der Waals surface area contributed by atoms with Crippen LogP contribution in [0.5, 0.6) is 0 Å². The predicted octanol–water partition coefficient (Wildman–Crippen LogP) is -0.710. The maximum absolute atomic E-state index is 11.5. The van der Waals surface area contributed by atoms with E-state index in [2.05, 4.69) is 5.32 Å². The highest BCUT2D eigenvalue weighted by atomic mass is 32.2. The zero-order valence-electron chi connectivity index (χ0n) is 10.6. The Labute approximate surface area is 103 Å². The standard InChI is InChI=1S/C10H22N2O4S/c1-4-16-7-8(2)12-10(13)9(11)5-6-17(3,14)15/h8-9H,4-7,11H2,1-3H3,(H,12,13). The minimum absolute atomic E-state index is 0.0819. The van der Waals surface area contributed by atoms with Crippen molar-refractivity contribution in [1.29, 1.82) is 0 Å². The second-order valence-electron chi connectivity index (χ2n) is 4.09. The van der Waals surface area contributed by atoms with Gasteiger partial charge in [0.25, 0.3) is 0 Å². The van der Waals surface area contributed by atoms with Gasteiger partial charge in [-0.15, -0.1) is 0 Å². The van der Waals surface area contributed by atoms with E-state index in [-0.39, 0.29) is 24.1 Å². The molecule has 0 aromatic rings. The Balaban J connectivity index is 3.97. The molecule has 0 radical (unpaired) electrons. The predicted molar refractivity (Wildman–Crippen MR) is 66.4 cm³/mol. The highest BCUT2D eigenvalue weighted by Crippen LogP contribution is 1.95. The average Bonchev–Trinajstić information content (AvgIpc) is 2.21. The van der Waals surface area contributed by atoms with Crippen molar-refractivity contribution in [3.63, 3.8) is 0 Å². The van der Waals surface area contributed by atoms with Crippen LogP contribution in [0.4, 0.5) is 0 Å². The van der Waals surface area contributed by atoms with E-state index in [1.165, 1.54) is 0 Å². The summed E-state index contributed by atoms with van der Waals surface area (Å²) in [6.45, 7) is 4.67. The molecule has 0 aliphatic carbocycles. The Bertz CT molecular complexity index is 329. The number of sulfone groups is 1. The van der Waals surface area contributed by atoms with Crippen LogP contribution in [-0.4, -0.2) is 51.6 Å². The van der Waals surface area contributed by atoms with Gasteiger partial charge >= 0.3 is 0 Å². The van der Waals surface area contributed by atoms with Crippen molar-refractivity contribution in [2.24, 2.45) is 5.73 Å². The van der Waals surface area contributed by atoms with Gasteiger partial charge in [-0.05, 0) is 20.3 Å². The molecule has 17 heavy (non-hydrogen) atoms. The molecule has 0 fully saturated rings. The van der Waals surface area contributed by atoms with Gasteiger partial charge in [0, 0.05) is 18.9 Å². The average molecular weight is 266 g/mol. The summed E-state index contributed by atoms with van der Waals surface area (Å²) in [5, 5.41) is 2.67. The van der Waals surface area contributed by atoms with Gasteiger partial charge in [0.15, 0.2) is 0 Å². The fraction of sp³-hybridized carbons (Fsp3) is 0.900. The zero-order chi connectivity index (χ0) is 13.5. The third kappa shape index (κ3) is 9.08. The number of hydrogen-bond donors (Lipinski definition) is 2. The second-order valence-corrected chi connectivity index (χ2v) is 6.35. The van der Waals surface area contributed by atoms with Gasteiger partial charge in [0.05, 0.1) is 18.4 Å². The number of nitrogens with two attached hydrogens (primary N) is 1. The molecule has 1 amide bonds. The van der Waals surface area contributed by atoms with Crippen LogP contribution in [0.2, 0.25) is 0 Å². The van der Waals surface area contributed by atoms with Gasteiger partial charge < -0.3 is 15.8 Å². The molecule has 0 saturated carbocycles. The van der Waals surface area contributed by atoms with Crippen molar-refractivity contribution in [3.8, 4) is 0 Å². The van der Waals surface area contributed by atoms with E-state index in [4.69, 9.17) is 10.5 Å². The summed E-state index contributed by atoms with van der Waals surface area (Å²) in [4.78, 5) is 11.5. The van der Waals surface area contributed by atoms with Crippen LogP contribution in [-0.2, 0) is 19.4 Å². The first-order valence-corrected chi connectivity index (χ1v) is 7.63. The molecule has 2 atom stereocenters. The summed E-state index contributed by atoms with van der Waals surface area (Å²) in [5.41, 5.74) is 5.58. The van der Waals surface area contributed by atoms with Crippen molar-refractivity contribution in [1.82, 2.24) is 5.32 Å². The molecule has 0 aliphatic rings. The monoisotopic (exact) mass is 266 g/mol. The van der Waals surface area contributed by atoms with Gasteiger partial charge in [-0.2, -0.15) is 0 Å². The highest BCUT2D eigenvalue weighted by Gasteiger charge is 2.17. The van der Waals surface area contributed by atoms with Crippen molar-refractivity contribution in [2.45, 2.75) is 32.4 Å². The Hall–Kier alpha value is -0.660. The van der Waals surface area contributed by atoms with E-state index in [0.29, 0.717) is 13.2 Å². The van der Waals surface area contributed by atoms with Gasteiger partial charge in [-0.25, -0.2) is 8.42 Å². The molecule has 0 heterocycles. The summed E-state index contributed by atoms with van der Waals surface area (Å²) in [6, 6.07) is -0.930. The minimum Gasteiger partial charge on any atom is -0.380 e. The lowest BCUT2D eigenvalue weighted by atomic mass is 10.2. The number of carbonyl (C=O) groups is 1. The van der Waals surface area contributed by atoms with E-state index in [0.717, 1.165) is 6.26 Å². The third-order valence-electron chi connectivity index (χ3n) is 2.10. The Morgan fingerprint density at radius 2 is 2.06 bits per heavy atom.